The summed E-state index contributed by atoms with van der Waals surface area (Å²) in [6.07, 6.45) is 0. The van der Waals surface area contributed by atoms with Gasteiger partial charge >= 0.3 is 5.97 Å². The van der Waals surface area contributed by atoms with Gasteiger partial charge in [-0.1, -0.05) is 6.07 Å². The predicted molar refractivity (Wildman–Crippen MR) is 132 cm³/mol. The number of benzene rings is 3. The Labute approximate surface area is 207 Å². The third-order valence-electron chi connectivity index (χ3n) is 6.38. The first-order chi connectivity index (χ1) is 17.4. The molecule has 1 aliphatic rings. The van der Waals surface area contributed by atoms with Gasteiger partial charge in [0, 0.05) is 38.8 Å². The molecule has 0 radical (unpaired) electrons. The number of carbonyl (C=O) groups is 2. The number of amides is 1. The van der Waals surface area contributed by atoms with Gasteiger partial charge < -0.3 is 19.3 Å². The van der Waals surface area contributed by atoms with Crippen molar-refractivity contribution in [1.29, 1.82) is 0 Å². The fourth-order valence-electron chi connectivity index (χ4n) is 4.34. The number of aromatic carboxylic acids is 1. The zero-order valence-corrected chi connectivity index (χ0v) is 19.7. The molecule has 1 N–H and O–H groups in total. The van der Waals surface area contributed by atoms with Gasteiger partial charge in [-0.3, -0.25) is 9.69 Å². The van der Waals surface area contributed by atoms with Crippen molar-refractivity contribution in [2.75, 3.05) is 26.2 Å². The van der Waals surface area contributed by atoms with E-state index in [1.54, 1.807) is 54.6 Å². The van der Waals surface area contributed by atoms with Gasteiger partial charge in [0.15, 0.2) is 0 Å². The summed E-state index contributed by atoms with van der Waals surface area (Å²) in [6.45, 7) is 3.16. The van der Waals surface area contributed by atoms with Crippen LogP contribution in [-0.2, 0) is 13.6 Å². The normalized spacial score (nSPS) is 14.2. The maximum absolute atomic E-state index is 13.1. The zero-order chi connectivity index (χ0) is 25.2. The van der Waals surface area contributed by atoms with E-state index in [9.17, 15) is 19.1 Å². The summed E-state index contributed by atoms with van der Waals surface area (Å²) < 4.78 is 20.8. The first kappa shape index (κ1) is 23.5. The fraction of sp³-hybridized carbons (Fsp3) is 0.222. The SMILES string of the molecule is Cn1c(CN2CCN(C(=O)c3cccc(Oc4ccc(F)cc4)c3)CC2)nc2ccc(C(=O)O)cc21. The van der Waals surface area contributed by atoms with Gasteiger partial charge in [0.2, 0.25) is 0 Å². The minimum Gasteiger partial charge on any atom is -0.478 e. The molecule has 0 aliphatic carbocycles. The number of imidazole rings is 1. The lowest BCUT2D eigenvalue weighted by Crippen LogP contribution is -2.48. The number of carboxylic acids is 1. The highest BCUT2D eigenvalue weighted by Crippen LogP contribution is 2.24. The summed E-state index contributed by atoms with van der Waals surface area (Å²) >= 11 is 0. The number of piperazine rings is 1. The lowest BCUT2D eigenvalue weighted by molar-refractivity contribution is 0.0623. The van der Waals surface area contributed by atoms with Crippen LogP contribution in [0.2, 0.25) is 0 Å². The minimum atomic E-state index is -0.965. The second-order valence-corrected chi connectivity index (χ2v) is 8.75. The smallest absolute Gasteiger partial charge is 0.335 e. The standard InChI is InChI=1S/C27H25FN4O4/c1-30-24-16-19(27(34)35)5-10-23(24)29-25(30)17-31-11-13-32(14-12-31)26(33)18-3-2-4-22(15-18)36-21-8-6-20(28)7-9-21/h2-10,15-16H,11-14,17H2,1H3,(H,34,35). The van der Waals surface area contributed by atoms with Crippen LogP contribution >= 0.6 is 0 Å². The van der Waals surface area contributed by atoms with Gasteiger partial charge in [-0.15, -0.1) is 0 Å². The molecule has 1 aliphatic heterocycles. The lowest BCUT2D eigenvalue weighted by atomic mass is 10.1. The third-order valence-corrected chi connectivity index (χ3v) is 6.38. The molecule has 0 unspecified atom stereocenters. The number of carboxylic acid groups (broad SMARTS) is 1. The van der Waals surface area contributed by atoms with E-state index in [2.05, 4.69) is 9.88 Å². The third kappa shape index (κ3) is 4.92. The van der Waals surface area contributed by atoms with Crippen molar-refractivity contribution >= 4 is 22.9 Å². The number of rotatable bonds is 6. The van der Waals surface area contributed by atoms with E-state index in [1.165, 1.54) is 12.1 Å². The number of hydrogen-bond donors (Lipinski definition) is 1. The molecule has 0 bridgehead atoms. The molecule has 8 nitrogen and oxygen atoms in total. The Hall–Kier alpha value is -4.24. The minimum absolute atomic E-state index is 0.0665. The monoisotopic (exact) mass is 488 g/mol. The van der Waals surface area contributed by atoms with Crippen molar-refractivity contribution in [3.05, 3.63) is 89.5 Å². The van der Waals surface area contributed by atoms with Gasteiger partial charge in [-0.25, -0.2) is 14.2 Å². The molecular formula is C27H25FN4O4. The lowest BCUT2D eigenvalue weighted by Gasteiger charge is -2.34. The second-order valence-electron chi connectivity index (χ2n) is 8.75. The van der Waals surface area contributed by atoms with Gasteiger partial charge in [0.05, 0.1) is 23.1 Å². The zero-order valence-electron chi connectivity index (χ0n) is 19.7. The summed E-state index contributed by atoms with van der Waals surface area (Å²) in [6, 6.07) is 17.6. The first-order valence-corrected chi connectivity index (χ1v) is 11.6. The molecule has 1 saturated heterocycles. The van der Waals surface area contributed by atoms with Crippen LogP contribution in [0.15, 0.2) is 66.7 Å². The Morgan fingerprint density at radius 3 is 2.42 bits per heavy atom. The molecule has 0 spiro atoms. The van der Waals surface area contributed by atoms with E-state index < -0.39 is 5.97 Å². The van der Waals surface area contributed by atoms with Crippen molar-refractivity contribution in [2.24, 2.45) is 7.05 Å². The number of halogens is 1. The highest BCUT2D eigenvalue weighted by molar-refractivity contribution is 5.95. The molecule has 1 amide bonds. The molecule has 0 saturated carbocycles. The number of aryl methyl sites for hydroxylation is 1. The van der Waals surface area contributed by atoms with E-state index in [0.29, 0.717) is 49.8 Å². The topological polar surface area (TPSA) is 87.9 Å². The number of fused-ring (bicyclic) bond motifs is 1. The van der Waals surface area contributed by atoms with Crippen LogP contribution in [0, 0.1) is 5.82 Å². The highest BCUT2D eigenvalue weighted by Gasteiger charge is 2.24. The molecule has 0 atom stereocenters. The Morgan fingerprint density at radius 2 is 1.69 bits per heavy atom. The molecule has 3 aromatic carbocycles. The summed E-state index contributed by atoms with van der Waals surface area (Å²) in [5, 5.41) is 9.26. The van der Waals surface area contributed by atoms with Crippen LogP contribution in [0.3, 0.4) is 0 Å². The highest BCUT2D eigenvalue weighted by atomic mass is 19.1. The fourth-order valence-corrected chi connectivity index (χ4v) is 4.34. The Kier molecular flexibility index (Phi) is 6.39. The van der Waals surface area contributed by atoms with Crippen LogP contribution in [0.1, 0.15) is 26.5 Å². The van der Waals surface area contributed by atoms with Crippen molar-refractivity contribution < 1.29 is 23.8 Å². The average Bonchev–Trinajstić information content (AvgIpc) is 3.20. The summed E-state index contributed by atoms with van der Waals surface area (Å²) in [4.78, 5) is 33.1. The summed E-state index contributed by atoms with van der Waals surface area (Å²) in [7, 11) is 1.89. The Morgan fingerprint density at radius 1 is 0.944 bits per heavy atom. The van der Waals surface area contributed by atoms with E-state index >= 15 is 0 Å². The Balaban J connectivity index is 1.21. The molecule has 2 heterocycles. The number of carbonyl (C=O) groups excluding carboxylic acids is 1. The number of hydrogen-bond acceptors (Lipinski definition) is 5. The summed E-state index contributed by atoms with van der Waals surface area (Å²) in [5.74, 6) is 0.484. The van der Waals surface area contributed by atoms with Gasteiger partial charge in [-0.05, 0) is 60.7 Å². The quantitative estimate of drug-likeness (QED) is 0.439. The molecule has 1 aromatic heterocycles. The van der Waals surface area contributed by atoms with Gasteiger partial charge in [-0.2, -0.15) is 0 Å². The van der Waals surface area contributed by atoms with Gasteiger partial charge in [0.25, 0.3) is 5.91 Å². The van der Waals surface area contributed by atoms with Crippen LogP contribution in [0.25, 0.3) is 11.0 Å². The van der Waals surface area contributed by atoms with Crippen molar-refractivity contribution in [3.63, 3.8) is 0 Å². The number of aromatic nitrogens is 2. The predicted octanol–water partition coefficient (Wildman–Crippen LogP) is 4.16. The largest absolute Gasteiger partial charge is 0.478 e. The summed E-state index contributed by atoms with van der Waals surface area (Å²) in [5.41, 5.74) is 2.31. The van der Waals surface area contributed by atoms with Crippen LogP contribution in [0.5, 0.6) is 11.5 Å². The van der Waals surface area contributed by atoms with Crippen molar-refractivity contribution in [3.8, 4) is 11.5 Å². The first-order valence-electron chi connectivity index (χ1n) is 11.6. The van der Waals surface area contributed by atoms with E-state index in [1.807, 2.05) is 16.5 Å². The molecule has 1 fully saturated rings. The molecule has 184 valence electrons. The van der Waals surface area contributed by atoms with Crippen LogP contribution in [-0.4, -0.2) is 62.5 Å². The van der Waals surface area contributed by atoms with Gasteiger partial charge in [0.1, 0.15) is 23.1 Å². The molecule has 4 aromatic rings. The maximum atomic E-state index is 13.1. The Bertz CT molecular complexity index is 1430. The van der Waals surface area contributed by atoms with Crippen LogP contribution in [0.4, 0.5) is 4.39 Å². The molecular weight excluding hydrogens is 463 g/mol. The molecule has 36 heavy (non-hydrogen) atoms. The van der Waals surface area contributed by atoms with Crippen molar-refractivity contribution in [1.82, 2.24) is 19.4 Å². The van der Waals surface area contributed by atoms with E-state index in [0.717, 1.165) is 16.9 Å². The van der Waals surface area contributed by atoms with Crippen molar-refractivity contribution in [2.45, 2.75) is 6.54 Å². The number of ether oxygens (including phenoxy) is 1. The maximum Gasteiger partial charge on any atom is 0.335 e. The van der Waals surface area contributed by atoms with E-state index in [-0.39, 0.29) is 17.3 Å². The van der Waals surface area contributed by atoms with Crippen LogP contribution < -0.4 is 4.74 Å². The molecule has 5 rings (SSSR count). The molecule has 9 heteroatoms. The second kappa shape index (κ2) is 9.79. The number of nitrogens with zero attached hydrogens (tertiary/aromatic N) is 4. The van der Waals surface area contributed by atoms with E-state index in [4.69, 9.17) is 4.74 Å². The average molecular weight is 489 g/mol.